The number of nitriles is 1. The van der Waals surface area contributed by atoms with Gasteiger partial charge in [0.05, 0.1) is 24.7 Å². The Morgan fingerprint density at radius 2 is 1.56 bits per heavy atom. The van der Waals surface area contributed by atoms with E-state index in [2.05, 4.69) is 5.32 Å². The lowest BCUT2D eigenvalue weighted by Gasteiger charge is -2.54. The van der Waals surface area contributed by atoms with Crippen molar-refractivity contribution in [2.45, 2.75) is 51.7 Å². The van der Waals surface area contributed by atoms with Crippen molar-refractivity contribution in [3.8, 4) is 6.07 Å². The van der Waals surface area contributed by atoms with Crippen LogP contribution < -0.4 is 5.32 Å². The molecule has 1 N–H and O–H groups in total. The molecule has 45 heavy (non-hydrogen) atoms. The lowest BCUT2D eigenvalue weighted by molar-refractivity contribution is -0.189. The number of benzene rings is 3. The standard InChI is InChI=1S/C31H29F3N6O3.C2H6/c32-31(33,34)25-13-7-12-24(16-25)19-37-20-27-39(26(29(37)42)17-22-8-3-1-4-9-22)28(41)21-38(15-14-35)40(27)30(43)36-18-23-10-5-2-6-11-23;1-2/h1-13,16,26-27H,15,17-21H2,(H,36,43);1-2H3/t26-,27?;/m0./s1. The van der Waals surface area contributed by atoms with Gasteiger partial charge < -0.3 is 15.1 Å². The summed E-state index contributed by atoms with van der Waals surface area (Å²) < 4.78 is 40.3. The van der Waals surface area contributed by atoms with E-state index in [1.54, 1.807) is 12.1 Å². The first kappa shape index (κ1) is 33.0. The zero-order chi connectivity index (χ0) is 32.6. The molecule has 0 bridgehead atoms. The van der Waals surface area contributed by atoms with Crippen LogP contribution in [0.15, 0.2) is 84.9 Å². The van der Waals surface area contributed by atoms with E-state index < -0.39 is 41.8 Å². The van der Waals surface area contributed by atoms with Crippen LogP contribution in [0.2, 0.25) is 0 Å². The zero-order valence-electron chi connectivity index (χ0n) is 25.1. The second-order valence-corrected chi connectivity index (χ2v) is 10.4. The Morgan fingerprint density at radius 1 is 0.933 bits per heavy atom. The van der Waals surface area contributed by atoms with Gasteiger partial charge in [0.25, 0.3) is 0 Å². The summed E-state index contributed by atoms with van der Waals surface area (Å²) in [6.45, 7) is 3.30. The zero-order valence-corrected chi connectivity index (χ0v) is 25.1. The van der Waals surface area contributed by atoms with Gasteiger partial charge in [0.15, 0.2) is 0 Å². The summed E-state index contributed by atoms with van der Waals surface area (Å²) >= 11 is 0. The first-order valence-electron chi connectivity index (χ1n) is 14.7. The van der Waals surface area contributed by atoms with Crippen LogP contribution in [0.3, 0.4) is 0 Å². The summed E-state index contributed by atoms with van der Waals surface area (Å²) in [5.41, 5.74) is 1.02. The highest BCUT2D eigenvalue weighted by atomic mass is 19.4. The number of fused-ring (bicyclic) bond motifs is 1. The average molecular weight is 621 g/mol. The Hall–Kier alpha value is -4.89. The maximum atomic E-state index is 13.9. The van der Waals surface area contributed by atoms with Crippen molar-refractivity contribution in [1.29, 1.82) is 5.26 Å². The van der Waals surface area contributed by atoms with Crippen LogP contribution in [0.25, 0.3) is 0 Å². The van der Waals surface area contributed by atoms with E-state index in [9.17, 15) is 32.8 Å². The van der Waals surface area contributed by atoms with Crippen molar-refractivity contribution in [2.75, 3.05) is 19.6 Å². The van der Waals surface area contributed by atoms with Gasteiger partial charge in [0.1, 0.15) is 18.8 Å². The number of amides is 4. The van der Waals surface area contributed by atoms with Crippen LogP contribution in [0.4, 0.5) is 18.0 Å². The van der Waals surface area contributed by atoms with E-state index in [0.717, 1.165) is 23.3 Å². The van der Waals surface area contributed by atoms with Gasteiger partial charge in [0.2, 0.25) is 11.8 Å². The number of alkyl halides is 3. The van der Waals surface area contributed by atoms with E-state index in [0.29, 0.717) is 0 Å². The predicted octanol–water partition coefficient (Wildman–Crippen LogP) is 4.81. The smallest absolute Gasteiger partial charge is 0.333 e. The summed E-state index contributed by atoms with van der Waals surface area (Å²) in [4.78, 5) is 43.9. The monoisotopic (exact) mass is 620 g/mol. The lowest BCUT2D eigenvalue weighted by atomic mass is 9.98. The highest BCUT2D eigenvalue weighted by molar-refractivity contribution is 5.91. The molecule has 2 aliphatic rings. The Labute approximate surface area is 260 Å². The summed E-state index contributed by atoms with van der Waals surface area (Å²) in [5, 5.41) is 15.0. The maximum Gasteiger partial charge on any atom is 0.416 e. The average Bonchev–Trinajstić information content (AvgIpc) is 3.04. The van der Waals surface area contributed by atoms with Crippen molar-refractivity contribution in [2.24, 2.45) is 0 Å². The molecule has 2 aliphatic heterocycles. The minimum Gasteiger partial charge on any atom is -0.333 e. The summed E-state index contributed by atoms with van der Waals surface area (Å²) in [7, 11) is 0. The Morgan fingerprint density at radius 3 is 2.18 bits per heavy atom. The molecular weight excluding hydrogens is 585 g/mol. The van der Waals surface area contributed by atoms with Gasteiger partial charge in [-0.05, 0) is 28.8 Å². The number of urea groups is 1. The first-order valence-corrected chi connectivity index (χ1v) is 14.7. The molecule has 5 rings (SSSR count). The van der Waals surface area contributed by atoms with Crippen molar-refractivity contribution in [3.05, 3.63) is 107 Å². The Bertz CT molecular complexity index is 1510. The van der Waals surface area contributed by atoms with Crippen LogP contribution >= 0.6 is 0 Å². The second-order valence-electron chi connectivity index (χ2n) is 10.4. The molecule has 2 atom stereocenters. The lowest BCUT2D eigenvalue weighted by Crippen LogP contribution is -2.76. The van der Waals surface area contributed by atoms with Crippen molar-refractivity contribution < 1.29 is 27.6 Å². The van der Waals surface area contributed by atoms with Gasteiger partial charge in [-0.3, -0.25) is 9.59 Å². The van der Waals surface area contributed by atoms with E-state index in [1.807, 2.05) is 68.4 Å². The molecule has 0 aliphatic carbocycles. The van der Waals surface area contributed by atoms with Gasteiger partial charge in [-0.1, -0.05) is 86.6 Å². The molecule has 12 heteroatoms. The fraction of sp³-hybridized carbons (Fsp3) is 0.333. The fourth-order valence-electron chi connectivity index (χ4n) is 5.51. The van der Waals surface area contributed by atoms with Crippen molar-refractivity contribution >= 4 is 17.8 Å². The number of hydrazine groups is 1. The number of carbonyl (C=O) groups is 3. The van der Waals surface area contributed by atoms with E-state index in [1.165, 1.54) is 32.0 Å². The third kappa shape index (κ3) is 7.80. The number of rotatable bonds is 7. The van der Waals surface area contributed by atoms with E-state index in [4.69, 9.17) is 0 Å². The van der Waals surface area contributed by atoms with Crippen LogP contribution in [0.5, 0.6) is 0 Å². The summed E-state index contributed by atoms with van der Waals surface area (Å²) in [6.07, 6.45) is -5.42. The van der Waals surface area contributed by atoms with Gasteiger partial charge in [-0.2, -0.15) is 23.4 Å². The topological polar surface area (TPSA) is 100.0 Å². The first-order chi connectivity index (χ1) is 21.7. The molecule has 2 saturated heterocycles. The molecule has 9 nitrogen and oxygen atoms in total. The number of halogens is 3. The molecular formula is C33H35F3N6O3. The molecule has 3 aromatic rings. The van der Waals surface area contributed by atoms with Crippen molar-refractivity contribution in [3.63, 3.8) is 0 Å². The maximum absolute atomic E-state index is 13.9. The Balaban J connectivity index is 0.00000226. The SMILES string of the molecule is CC.N#CCN1CC(=O)N2C(CN(Cc3cccc(C(F)(F)F)c3)C(=O)[C@@H]2Cc2ccccc2)N1C(=O)NCc1ccccc1. The number of piperazine rings is 1. The minimum atomic E-state index is -4.56. The molecule has 0 spiro atoms. The number of carbonyl (C=O) groups excluding carboxylic acids is 3. The Kier molecular flexibility index (Phi) is 10.8. The molecule has 0 radical (unpaired) electrons. The van der Waals surface area contributed by atoms with Gasteiger partial charge >= 0.3 is 12.2 Å². The number of nitrogens with one attached hydrogen (secondary N) is 1. The molecule has 0 saturated carbocycles. The van der Waals surface area contributed by atoms with Crippen LogP contribution in [-0.2, 0) is 35.3 Å². The number of hydrogen-bond donors (Lipinski definition) is 1. The van der Waals surface area contributed by atoms with E-state index in [-0.39, 0.29) is 44.7 Å². The number of nitrogens with zero attached hydrogens (tertiary/aromatic N) is 5. The second kappa shape index (κ2) is 14.7. The molecule has 2 fully saturated rings. The van der Waals surface area contributed by atoms with Crippen molar-refractivity contribution in [1.82, 2.24) is 25.1 Å². The largest absolute Gasteiger partial charge is 0.416 e. The molecule has 2 heterocycles. The third-order valence-corrected chi connectivity index (χ3v) is 7.48. The summed E-state index contributed by atoms with van der Waals surface area (Å²) in [6, 6.07) is 23.4. The van der Waals surface area contributed by atoms with E-state index >= 15 is 0 Å². The molecule has 1 unspecified atom stereocenters. The highest BCUT2D eigenvalue weighted by Gasteiger charge is 2.51. The molecule has 4 amide bonds. The minimum absolute atomic E-state index is 0.138. The molecule has 3 aromatic carbocycles. The summed E-state index contributed by atoms with van der Waals surface area (Å²) in [5.74, 6) is -0.871. The van der Waals surface area contributed by atoms with Gasteiger partial charge in [-0.25, -0.2) is 9.80 Å². The highest BCUT2D eigenvalue weighted by Crippen LogP contribution is 2.32. The normalized spacial score (nSPS) is 18.4. The quantitative estimate of drug-likeness (QED) is 0.383. The third-order valence-electron chi connectivity index (χ3n) is 7.48. The van der Waals surface area contributed by atoms with Gasteiger partial charge in [0, 0.05) is 19.5 Å². The number of hydrogen-bond acceptors (Lipinski definition) is 5. The van der Waals surface area contributed by atoms with Crippen LogP contribution in [0, 0.1) is 11.3 Å². The predicted molar refractivity (Wildman–Crippen MR) is 160 cm³/mol. The van der Waals surface area contributed by atoms with Crippen LogP contribution in [0.1, 0.15) is 36.1 Å². The van der Waals surface area contributed by atoms with Gasteiger partial charge in [-0.15, -0.1) is 0 Å². The molecule has 236 valence electrons. The fourth-order valence-corrected chi connectivity index (χ4v) is 5.51. The molecule has 0 aromatic heterocycles. The van der Waals surface area contributed by atoms with Crippen LogP contribution in [-0.4, -0.2) is 69.5 Å².